The Labute approximate surface area is 94.9 Å². The van der Waals surface area contributed by atoms with Crippen LogP contribution in [0.2, 0.25) is 5.54 Å². The maximum atomic E-state index is 5.75. The largest absolute Gasteiger partial charge is 0.427 e. The Hall–Kier alpha value is 0.0969. The molecule has 0 heterocycles. The molecule has 1 fully saturated rings. The van der Waals surface area contributed by atoms with Crippen LogP contribution in [0.5, 0.6) is 0 Å². The van der Waals surface area contributed by atoms with Crippen LogP contribution >= 0.6 is 0 Å². The molecule has 1 aliphatic rings. The van der Waals surface area contributed by atoms with Crippen LogP contribution in [-0.2, 0) is 8.85 Å². The van der Waals surface area contributed by atoms with Gasteiger partial charge in [-0.1, -0.05) is 26.7 Å². The first kappa shape index (κ1) is 13.2. The summed E-state index contributed by atoms with van der Waals surface area (Å²) in [5.74, 6) is 0. The van der Waals surface area contributed by atoms with Crippen LogP contribution in [0.1, 0.15) is 46.0 Å². The van der Waals surface area contributed by atoms with Crippen molar-refractivity contribution in [1.82, 2.24) is 4.98 Å². The fourth-order valence-electron chi connectivity index (χ4n) is 2.40. The monoisotopic (exact) mass is 231 g/mol. The summed E-state index contributed by atoms with van der Waals surface area (Å²) in [5, 5.41) is 0. The van der Waals surface area contributed by atoms with Gasteiger partial charge in [-0.25, -0.2) is 0 Å². The van der Waals surface area contributed by atoms with Crippen LogP contribution in [0, 0.1) is 0 Å². The molecular formula is C11H25NO2Si. The molecule has 4 heteroatoms. The molecule has 0 spiro atoms. The molecule has 1 rings (SSSR count). The zero-order valence-electron chi connectivity index (χ0n) is 10.5. The van der Waals surface area contributed by atoms with Gasteiger partial charge in [-0.2, -0.15) is 0 Å². The minimum Gasteiger partial charge on any atom is -0.386 e. The summed E-state index contributed by atoms with van der Waals surface area (Å²) in [5.41, 5.74) is 0.626. The molecule has 3 nitrogen and oxygen atoms in total. The highest BCUT2D eigenvalue weighted by molar-refractivity contribution is 6.66. The predicted octanol–water partition coefficient (Wildman–Crippen LogP) is 2.55. The molecule has 1 saturated carbocycles. The summed E-state index contributed by atoms with van der Waals surface area (Å²) < 4.78 is 11.5. The first-order valence-corrected chi connectivity index (χ1v) is 7.96. The highest BCUT2D eigenvalue weighted by Crippen LogP contribution is 2.38. The molecule has 0 aromatic heterocycles. The lowest BCUT2D eigenvalue weighted by molar-refractivity contribution is 0.208. The standard InChI is InChI=1S/C11H25NO2Si/c1-5-10(2)12-15(13-3,14-4)11-8-6-7-9-11/h10-12H,5-9H2,1-4H3. The Morgan fingerprint density at radius 3 is 2.20 bits per heavy atom. The van der Waals surface area contributed by atoms with Crippen molar-refractivity contribution in [2.24, 2.45) is 0 Å². The van der Waals surface area contributed by atoms with Crippen LogP contribution in [-0.4, -0.2) is 29.0 Å². The lowest BCUT2D eigenvalue weighted by Gasteiger charge is -2.35. The van der Waals surface area contributed by atoms with Gasteiger partial charge in [0.1, 0.15) is 0 Å². The Morgan fingerprint density at radius 1 is 1.27 bits per heavy atom. The Bertz CT molecular complexity index is 179. The van der Waals surface area contributed by atoms with Gasteiger partial charge in [-0.05, 0) is 19.3 Å². The van der Waals surface area contributed by atoms with E-state index < -0.39 is 8.72 Å². The van der Waals surface area contributed by atoms with Gasteiger partial charge in [-0.15, -0.1) is 0 Å². The summed E-state index contributed by atoms with van der Waals surface area (Å²) in [6.07, 6.45) is 6.30. The normalized spacial score (nSPS) is 20.8. The molecule has 15 heavy (non-hydrogen) atoms. The van der Waals surface area contributed by atoms with Crippen molar-refractivity contribution < 1.29 is 8.85 Å². The molecule has 0 saturated heterocycles. The third kappa shape index (κ3) is 3.03. The second-order valence-corrected chi connectivity index (χ2v) is 7.77. The van der Waals surface area contributed by atoms with E-state index >= 15 is 0 Å². The fraction of sp³-hybridized carbons (Fsp3) is 1.00. The van der Waals surface area contributed by atoms with Crippen LogP contribution in [0.4, 0.5) is 0 Å². The van der Waals surface area contributed by atoms with Gasteiger partial charge >= 0.3 is 8.72 Å². The maximum absolute atomic E-state index is 5.75. The van der Waals surface area contributed by atoms with E-state index in [-0.39, 0.29) is 0 Å². The minimum absolute atomic E-state index is 0.483. The summed E-state index contributed by atoms with van der Waals surface area (Å²) in [7, 11) is 1.45. The first-order valence-electron chi connectivity index (χ1n) is 6.06. The fourth-order valence-corrected chi connectivity index (χ4v) is 5.77. The van der Waals surface area contributed by atoms with E-state index in [9.17, 15) is 0 Å². The van der Waals surface area contributed by atoms with E-state index in [4.69, 9.17) is 8.85 Å². The van der Waals surface area contributed by atoms with Crippen molar-refractivity contribution in [1.29, 1.82) is 0 Å². The summed E-state index contributed by atoms with van der Waals surface area (Å²) in [4.78, 5) is 3.62. The Morgan fingerprint density at radius 2 is 1.80 bits per heavy atom. The minimum atomic E-state index is -2.14. The highest BCUT2D eigenvalue weighted by atomic mass is 28.4. The Balaban J connectivity index is 2.66. The molecular weight excluding hydrogens is 206 g/mol. The van der Waals surface area contributed by atoms with Crippen molar-refractivity contribution in [3.8, 4) is 0 Å². The highest BCUT2D eigenvalue weighted by Gasteiger charge is 2.47. The second-order valence-electron chi connectivity index (χ2n) is 4.51. The Kier molecular flexibility index (Phi) is 5.25. The van der Waals surface area contributed by atoms with Crippen LogP contribution in [0.25, 0.3) is 0 Å². The smallest absolute Gasteiger partial charge is 0.386 e. The molecule has 0 aliphatic heterocycles. The summed E-state index contributed by atoms with van der Waals surface area (Å²) >= 11 is 0. The molecule has 1 N–H and O–H groups in total. The quantitative estimate of drug-likeness (QED) is 0.713. The van der Waals surface area contributed by atoms with Gasteiger partial charge in [0.2, 0.25) is 0 Å². The molecule has 0 aromatic rings. The van der Waals surface area contributed by atoms with Crippen molar-refractivity contribution >= 4 is 8.72 Å². The molecule has 0 amide bonds. The van der Waals surface area contributed by atoms with Crippen LogP contribution in [0.3, 0.4) is 0 Å². The molecule has 1 atom stereocenters. The van der Waals surface area contributed by atoms with E-state index in [1.165, 1.54) is 25.7 Å². The zero-order valence-corrected chi connectivity index (χ0v) is 11.5. The molecule has 1 aliphatic carbocycles. The maximum Gasteiger partial charge on any atom is 0.427 e. The zero-order chi connectivity index (χ0) is 11.3. The SMILES string of the molecule is CCC(C)N[Si](OC)(OC)C1CCCC1. The van der Waals surface area contributed by atoms with Crippen molar-refractivity contribution in [3.63, 3.8) is 0 Å². The van der Waals surface area contributed by atoms with Crippen molar-refractivity contribution in [3.05, 3.63) is 0 Å². The summed E-state index contributed by atoms with van der Waals surface area (Å²) in [6, 6.07) is 0.483. The average molecular weight is 231 g/mol. The van der Waals surface area contributed by atoms with Gasteiger partial charge in [0.15, 0.2) is 0 Å². The second kappa shape index (κ2) is 5.99. The van der Waals surface area contributed by atoms with Crippen LogP contribution in [0.15, 0.2) is 0 Å². The number of nitrogens with one attached hydrogen (secondary N) is 1. The average Bonchev–Trinajstić information content (AvgIpc) is 2.79. The number of rotatable bonds is 6. The van der Waals surface area contributed by atoms with Crippen molar-refractivity contribution in [2.45, 2.75) is 57.5 Å². The lowest BCUT2D eigenvalue weighted by atomic mass is 10.3. The van der Waals surface area contributed by atoms with Gasteiger partial charge in [0, 0.05) is 25.8 Å². The number of hydrogen-bond donors (Lipinski definition) is 1. The topological polar surface area (TPSA) is 30.5 Å². The van der Waals surface area contributed by atoms with Crippen LogP contribution < -0.4 is 4.98 Å². The van der Waals surface area contributed by atoms with Gasteiger partial charge < -0.3 is 8.85 Å². The van der Waals surface area contributed by atoms with Gasteiger partial charge in [0.05, 0.1) is 0 Å². The molecule has 0 aromatic carbocycles. The molecule has 1 unspecified atom stereocenters. The first-order chi connectivity index (χ1) is 7.18. The van der Waals surface area contributed by atoms with Crippen molar-refractivity contribution in [2.75, 3.05) is 14.2 Å². The van der Waals surface area contributed by atoms with E-state index in [0.29, 0.717) is 11.6 Å². The van der Waals surface area contributed by atoms with Gasteiger partial charge in [-0.3, -0.25) is 4.98 Å². The third-order valence-electron chi connectivity index (χ3n) is 3.56. The van der Waals surface area contributed by atoms with E-state index in [1.807, 2.05) is 0 Å². The van der Waals surface area contributed by atoms with Gasteiger partial charge in [0.25, 0.3) is 0 Å². The molecule has 90 valence electrons. The van der Waals surface area contributed by atoms with E-state index in [2.05, 4.69) is 18.8 Å². The predicted molar refractivity (Wildman–Crippen MR) is 64.9 cm³/mol. The van der Waals surface area contributed by atoms with E-state index in [0.717, 1.165) is 6.42 Å². The molecule has 0 radical (unpaired) electrons. The summed E-state index contributed by atoms with van der Waals surface area (Å²) in [6.45, 7) is 4.39. The molecule has 0 bridgehead atoms. The van der Waals surface area contributed by atoms with E-state index in [1.54, 1.807) is 14.2 Å². The third-order valence-corrected chi connectivity index (χ3v) is 7.32. The lowest BCUT2D eigenvalue weighted by Crippen LogP contribution is -2.60. The number of hydrogen-bond acceptors (Lipinski definition) is 3.